The summed E-state index contributed by atoms with van der Waals surface area (Å²) in [6.07, 6.45) is 0. The van der Waals surface area contributed by atoms with Crippen LogP contribution in [0.4, 0.5) is 0 Å². The Morgan fingerprint density at radius 2 is 2.21 bits per heavy atom. The van der Waals surface area contributed by atoms with Gasteiger partial charge in [0.1, 0.15) is 4.90 Å². The summed E-state index contributed by atoms with van der Waals surface area (Å²) in [4.78, 5) is 2.20. The normalized spacial score (nSPS) is 25.0. The third kappa shape index (κ3) is 2.13. The molecule has 1 aromatic rings. The van der Waals surface area contributed by atoms with Gasteiger partial charge in [-0.1, -0.05) is 12.1 Å². The standard InChI is InChI=1S/C12H13ClN2O3S/c13-7-9-8-18-6-5-15(9)12-10-3-1-2-4-11(10)19(16,17)14-12/h1-4,9H,5-8H2. The second kappa shape index (κ2) is 4.77. The molecule has 0 aliphatic carbocycles. The van der Waals surface area contributed by atoms with Gasteiger partial charge >= 0.3 is 0 Å². The molecule has 102 valence electrons. The Hall–Kier alpha value is -1.11. The molecule has 19 heavy (non-hydrogen) atoms. The van der Waals surface area contributed by atoms with Crippen LogP contribution in [0.3, 0.4) is 0 Å². The molecule has 1 aromatic carbocycles. The van der Waals surface area contributed by atoms with Crippen molar-refractivity contribution in [3.63, 3.8) is 0 Å². The van der Waals surface area contributed by atoms with Gasteiger partial charge in [0.25, 0.3) is 10.0 Å². The SMILES string of the molecule is O=S1(=O)N=C(N2CCOCC2CCl)c2ccccc21. The maximum atomic E-state index is 12.0. The summed E-state index contributed by atoms with van der Waals surface area (Å²) in [7, 11) is -3.57. The van der Waals surface area contributed by atoms with Crippen molar-refractivity contribution in [2.45, 2.75) is 10.9 Å². The predicted octanol–water partition coefficient (Wildman–Crippen LogP) is 1.08. The zero-order valence-electron chi connectivity index (χ0n) is 10.1. The molecule has 0 spiro atoms. The van der Waals surface area contributed by atoms with E-state index in [0.717, 1.165) is 0 Å². The summed E-state index contributed by atoms with van der Waals surface area (Å²) in [5.74, 6) is 0.867. The van der Waals surface area contributed by atoms with Crippen LogP contribution in [0.2, 0.25) is 0 Å². The van der Waals surface area contributed by atoms with Gasteiger partial charge in [0.05, 0.1) is 19.3 Å². The predicted molar refractivity (Wildman–Crippen MR) is 72.2 cm³/mol. The van der Waals surface area contributed by atoms with Crippen LogP contribution in [-0.2, 0) is 14.8 Å². The number of sulfonamides is 1. The minimum atomic E-state index is -3.57. The molecule has 1 unspecified atom stereocenters. The lowest BCUT2D eigenvalue weighted by molar-refractivity contribution is 0.0348. The van der Waals surface area contributed by atoms with Crippen molar-refractivity contribution in [3.8, 4) is 0 Å². The van der Waals surface area contributed by atoms with Gasteiger partial charge in [-0.05, 0) is 12.1 Å². The molecule has 1 saturated heterocycles. The van der Waals surface area contributed by atoms with Crippen LogP contribution >= 0.6 is 11.6 Å². The highest BCUT2D eigenvalue weighted by molar-refractivity contribution is 7.90. The Morgan fingerprint density at radius 3 is 3.00 bits per heavy atom. The first-order valence-electron chi connectivity index (χ1n) is 5.98. The maximum absolute atomic E-state index is 12.0. The van der Waals surface area contributed by atoms with Crippen molar-refractivity contribution in [1.82, 2.24) is 4.90 Å². The molecule has 1 fully saturated rings. The number of morpholine rings is 1. The van der Waals surface area contributed by atoms with Crippen molar-refractivity contribution in [1.29, 1.82) is 0 Å². The monoisotopic (exact) mass is 300 g/mol. The molecular weight excluding hydrogens is 288 g/mol. The molecule has 3 rings (SSSR count). The Morgan fingerprint density at radius 1 is 1.42 bits per heavy atom. The lowest BCUT2D eigenvalue weighted by atomic mass is 10.1. The molecule has 1 atom stereocenters. The van der Waals surface area contributed by atoms with Crippen LogP contribution in [0.25, 0.3) is 0 Å². The maximum Gasteiger partial charge on any atom is 0.285 e. The lowest BCUT2D eigenvalue weighted by Gasteiger charge is -2.35. The van der Waals surface area contributed by atoms with Crippen LogP contribution in [-0.4, -0.2) is 50.8 Å². The molecule has 2 heterocycles. The number of benzene rings is 1. The smallest absolute Gasteiger partial charge is 0.285 e. The van der Waals surface area contributed by atoms with E-state index in [2.05, 4.69) is 4.40 Å². The molecule has 2 aliphatic rings. The van der Waals surface area contributed by atoms with E-state index in [1.807, 2.05) is 11.0 Å². The minimum absolute atomic E-state index is 0.0458. The second-order valence-electron chi connectivity index (χ2n) is 4.46. The van der Waals surface area contributed by atoms with E-state index in [1.54, 1.807) is 18.2 Å². The van der Waals surface area contributed by atoms with Gasteiger partial charge in [0, 0.05) is 18.0 Å². The summed E-state index contributed by atoms with van der Waals surface area (Å²) in [5, 5.41) is 0. The number of fused-ring (bicyclic) bond motifs is 1. The van der Waals surface area contributed by atoms with Crippen molar-refractivity contribution in [3.05, 3.63) is 29.8 Å². The topological polar surface area (TPSA) is 59.0 Å². The summed E-state index contributed by atoms with van der Waals surface area (Å²) in [6, 6.07) is 6.82. The Labute approximate surface area is 116 Å². The Kier molecular flexibility index (Phi) is 3.24. The third-order valence-corrected chi connectivity index (χ3v) is 4.97. The summed E-state index contributed by atoms with van der Waals surface area (Å²) < 4.78 is 33.3. The van der Waals surface area contributed by atoms with Crippen LogP contribution in [0, 0.1) is 0 Å². The van der Waals surface area contributed by atoms with E-state index in [1.165, 1.54) is 0 Å². The van der Waals surface area contributed by atoms with E-state index < -0.39 is 10.0 Å². The molecule has 0 N–H and O–H groups in total. The van der Waals surface area contributed by atoms with Gasteiger partial charge in [-0.15, -0.1) is 16.0 Å². The molecule has 0 amide bonds. The van der Waals surface area contributed by atoms with Crippen LogP contribution in [0.15, 0.2) is 33.6 Å². The van der Waals surface area contributed by atoms with E-state index >= 15 is 0 Å². The minimum Gasteiger partial charge on any atom is -0.377 e. The number of ether oxygens (including phenoxy) is 1. The van der Waals surface area contributed by atoms with Gasteiger partial charge in [-0.3, -0.25) is 0 Å². The highest BCUT2D eigenvalue weighted by Gasteiger charge is 2.35. The zero-order chi connectivity index (χ0) is 13.5. The highest BCUT2D eigenvalue weighted by atomic mass is 35.5. The summed E-state index contributed by atoms with van der Waals surface area (Å²) in [5.41, 5.74) is 0.652. The van der Waals surface area contributed by atoms with Crippen molar-refractivity contribution >= 4 is 27.5 Å². The van der Waals surface area contributed by atoms with Crippen molar-refractivity contribution < 1.29 is 13.2 Å². The van der Waals surface area contributed by atoms with Gasteiger partial charge < -0.3 is 9.64 Å². The highest BCUT2D eigenvalue weighted by Crippen LogP contribution is 2.29. The van der Waals surface area contributed by atoms with Gasteiger partial charge in [-0.25, -0.2) is 0 Å². The van der Waals surface area contributed by atoms with Gasteiger partial charge in [-0.2, -0.15) is 8.42 Å². The van der Waals surface area contributed by atoms with Gasteiger partial charge in [0.2, 0.25) is 0 Å². The molecule has 2 aliphatic heterocycles. The quantitative estimate of drug-likeness (QED) is 0.728. The van der Waals surface area contributed by atoms with Gasteiger partial charge in [0.15, 0.2) is 5.84 Å². The van der Waals surface area contributed by atoms with Crippen molar-refractivity contribution in [2.24, 2.45) is 4.40 Å². The average Bonchev–Trinajstić information content (AvgIpc) is 2.71. The largest absolute Gasteiger partial charge is 0.377 e. The van der Waals surface area contributed by atoms with Crippen LogP contribution < -0.4 is 0 Å². The number of hydrogen-bond acceptors (Lipinski definition) is 4. The number of hydrogen-bond donors (Lipinski definition) is 0. The second-order valence-corrected chi connectivity index (χ2v) is 6.34. The third-order valence-electron chi connectivity index (χ3n) is 3.29. The first kappa shape index (κ1) is 12.9. The fraction of sp³-hybridized carbons (Fsp3) is 0.417. The molecule has 7 heteroatoms. The molecular formula is C12H13ClN2O3S. The van der Waals surface area contributed by atoms with Crippen molar-refractivity contribution in [2.75, 3.05) is 25.6 Å². The van der Waals surface area contributed by atoms with E-state index in [4.69, 9.17) is 16.3 Å². The average molecular weight is 301 g/mol. The van der Waals surface area contributed by atoms with E-state index in [9.17, 15) is 8.42 Å². The zero-order valence-corrected chi connectivity index (χ0v) is 11.7. The number of halogens is 1. The summed E-state index contributed by atoms with van der Waals surface area (Å²) in [6.45, 7) is 1.64. The number of amidine groups is 1. The number of nitrogens with zero attached hydrogens (tertiary/aromatic N) is 2. The molecule has 0 aromatic heterocycles. The Balaban J connectivity index is 2.06. The molecule has 0 radical (unpaired) electrons. The Bertz CT molecular complexity index is 630. The fourth-order valence-electron chi connectivity index (χ4n) is 2.36. The number of alkyl halides is 1. The molecule has 5 nitrogen and oxygen atoms in total. The fourth-order valence-corrected chi connectivity index (χ4v) is 3.83. The summed E-state index contributed by atoms with van der Waals surface area (Å²) >= 11 is 5.93. The van der Waals surface area contributed by atoms with Crippen LogP contribution in [0.5, 0.6) is 0 Å². The molecule has 0 bridgehead atoms. The first-order valence-corrected chi connectivity index (χ1v) is 7.95. The first-order chi connectivity index (χ1) is 9.13. The van der Waals surface area contributed by atoms with E-state index in [-0.39, 0.29) is 10.9 Å². The lowest BCUT2D eigenvalue weighted by Crippen LogP contribution is -2.49. The molecule has 0 saturated carbocycles. The number of rotatable bonds is 1. The van der Waals surface area contributed by atoms with E-state index in [0.29, 0.717) is 37.0 Å². The van der Waals surface area contributed by atoms with Crippen LogP contribution in [0.1, 0.15) is 5.56 Å².